The highest BCUT2D eigenvalue weighted by Crippen LogP contribution is 2.24. The van der Waals surface area contributed by atoms with Crippen LogP contribution >= 0.6 is 11.6 Å². The van der Waals surface area contributed by atoms with Crippen LogP contribution in [0.5, 0.6) is 5.88 Å². The number of nitrogens with zero attached hydrogens (tertiary/aromatic N) is 4. The van der Waals surface area contributed by atoms with E-state index < -0.39 is 18.9 Å². The lowest BCUT2D eigenvalue weighted by Gasteiger charge is -2.19. The molecule has 3 heterocycles. The summed E-state index contributed by atoms with van der Waals surface area (Å²) < 4.78 is 26.4. The smallest absolute Gasteiger partial charge is 0.258 e. The Balaban J connectivity index is 1.42. The molecule has 2 aliphatic rings. The fraction of sp³-hybridized carbons (Fsp3) is 0.250. The number of carbonyl (C=O) groups excluding carboxylic acids is 3. The summed E-state index contributed by atoms with van der Waals surface area (Å²) in [4.78, 5) is 47.5. The lowest BCUT2D eigenvalue weighted by Crippen LogP contribution is -2.32. The lowest BCUT2D eigenvalue weighted by molar-refractivity contribution is -0.119. The number of likely N-dealkylation sites (tertiary alicyclic amines) is 1. The third kappa shape index (κ3) is 3.84. The number of amides is 3. The Morgan fingerprint density at radius 2 is 2.13 bits per heavy atom. The second kappa shape index (κ2) is 8.11. The average molecular weight is 431 g/mol. The van der Waals surface area contributed by atoms with Crippen LogP contribution in [0.4, 0.5) is 11.6 Å². The fourth-order valence-corrected chi connectivity index (χ4v) is 3.48. The molecule has 1 fully saturated rings. The van der Waals surface area contributed by atoms with E-state index in [4.69, 9.17) is 20.5 Å². The van der Waals surface area contributed by atoms with Gasteiger partial charge in [0.15, 0.2) is 0 Å². The fourth-order valence-electron chi connectivity index (χ4n) is 3.35. The van der Waals surface area contributed by atoms with E-state index in [1.807, 2.05) is 0 Å². The van der Waals surface area contributed by atoms with Crippen LogP contribution in [0.2, 0.25) is 5.02 Å². The first kappa shape index (κ1) is 16.3. The molecule has 0 unspecified atom stereocenters. The van der Waals surface area contributed by atoms with E-state index in [1.165, 1.54) is 24.4 Å². The zero-order valence-corrected chi connectivity index (χ0v) is 16.3. The van der Waals surface area contributed by atoms with Gasteiger partial charge in [0, 0.05) is 36.8 Å². The average Bonchev–Trinajstić information content (AvgIpc) is 3.35. The molecule has 2 aromatic rings. The minimum atomic E-state index is -2.71. The number of halogens is 1. The molecule has 0 bridgehead atoms. The van der Waals surface area contributed by atoms with E-state index in [1.54, 1.807) is 23.1 Å². The Morgan fingerprint density at radius 3 is 2.90 bits per heavy atom. The van der Waals surface area contributed by atoms with Gasteiger partial charge in [-0.05, 0) is 24.6 Å². The predicted molar refractivity (Wildman–Crippen MR) is 110 cm³/mol. The number of methoxy groups -OCH3 is 1. The van der Waals surface area contributed by atoms with Crippen LogP contribution in [0.1, 0.15) is 20.9 Å². The number of anilines is 2. The number of carbonyl (C=O) groups is 3. The number of nitrogens with one attached hydrogen (secondary N) is 1. The Labute approximate surface area is 181 Å². The summed E-state index contributed by atoms with van der Waals surface area (Å²) in [5, 5.41) is 3.02. The van der Waals surface area contributed by atoms with E-state index in [0.717, 1.165) is 4.90 Å². The molecule has 0 radical (unpaired) electrons. The van der Waals surface area contributed by atoms with Crippen molar-refractivity contribution in [2.45, 2.75) is 12.5 Å². The van der Waals surface area contributed by atoms with Gasteiger partial charge in [0.05, 0.1) is 23.0 Å². The molecule has 4 rings (SSSR count). The van der Waals surface area contributed by atoms with Crippen LogP contribution in [-0.2, 0) is 9.59 Å². The number of imide groups is 1. The molecule has 0 spiro atoms. The van der Waals surface area contributed by atoms with Crippen LogP contribution in [0.25, 0.3) is 0 Å². The summed E-state index contributed by atoms with van der Waals surface area (Å²) >= 11 is 5.90. The molecular formula is C20H18ClN5O4. The summed E-state index contributed by atoms with van der Waals surface area (Å²) in [5.74, 6) is -1.31. The van der Waals surface area contributed by atoms with Gasteiger partial charge in [0.25, 0.3) is 17.7 Å². The van der Waals surface area contributed by atoms with Crippen molar-refractivity contribution < 1.29 is 23.2 Å². The zero-order valence-electron chi connectivity index (χ0n) is 18.5. The summed E-state index contributed by atoms with van der Waals surface area (Å²) in [5.41, 5.74) is 0.669. The Kier molecular flexibility index (Phi) is 4.42. The molecule has 9 nitrogen and oxygen atoms in total. The summed E-state index contributed by atoms with van der Waals surface area (Å²) in [6.45, 7) is 0.795. The van der Waals surface area contributed by atoms with Crippen LogP contribution in [0.15, 0.2) is 42.6 Å². The maximum atomic E-state index is 13.0. The van der Waals surface area contributed by atoms with Gasteiger partial charge in [0.2, 0.25) is 11.8 Å². The van der Waals surface area contributed by atoms with E-state index in [2.05, 4.69) is 15.3 Å². The normalized spacial score (nSPS) is 20.2. The zero-order chi connectivity index (χ0) is 23.8. The largest absolute Gasteiger partial charge is 0.480 e. The number of aromatic nitrogens is 2. The molecule has 1 saturated heterocycles. The summed E-state index contributed by atoms with van der Waals surface area (Å²) in [6.07, 6.45) is 4.19. The number of hydrogen-bond acceptors (Lipinski definition) is 7. The molecular weight excluding hydrogens is 410 g/mol. The van der Waals surface area contributed by atoms with E-state index >= 15 is 0 Å². The summed E-state index contributed by atoms with van der Waals surface area (Å²) in [6, 6.07) is 6.13. The third-order valence-corrected chi connectivity index (χ3v) is 5.04. The number of rotatable bonds is 5. The van der Waals surface area contributed by atoms with Crippen molar-refractivity contribution in [1.29, 1.82) is 0 Å². The van der Waals surface area contributed by atoms with Gasteiger partial charge in [0.1, 0.15) is 5.02 Å². The first-order valence-electron chi connectivity index (χ1n) is 10.5. The molecule has 2 aliphatic heterocycles. The van der Waals surface area contributed by atoms with Crippen LogP contribution < -0.4 is 15.0 Å². The van der Waals surface area contributed by atoms with E-state index in [-0.39, 0.29) is 28.8 Å². The van der Waals surface area contributed by atoms with Gasteiger partial charge in [-0.15, -0.1) is 0 Å². The van der Waals surface area contributed by atoms with Crippen molar-refractivity contribution in [3.8, 4) is 5.88 Å². The molecule has 1 N–H and O–H groups in total. The molecule has 10 heteroatoms. The monoisotopic (exact) mass is 430 g/mol. The SMILES string of the molecule is [2H]C([2H])([2H])Oc1nc(N[C@@H]2CCN(C(=O)c3cccc(N4C(=O)C=CC4=O)c3)C2)ncc1Cl. The highest BCUT2D eigenvalue weighted by molar-refractivity contribution is 6.31. The minimum Gasteiger partial charge on any atom is -0.480 e. The molecule has 30 heavy (non-hydrogen) atoms. The third-order valence-electron chi connectivity index (χ3n) is 4.78. The van der Waals surface area contributed by atoms with Crippen LogP contribution in [0.3, 0.4) is 0 Å². The number of benzene rings is 1. The van der Waals surface area contributed by atoms with Crippen molar-refractivity contribution in [3.63, 3.8) is 0 Å². The first-order chi connectivity index (χ1) is 15.6. The Morgan fingerprint density at radius 1 is 1.33 bits per heavy atom. The van der Waals surface area contributed by atoms with Crippen molar-refractivity contribution in [3.05, 3.63) is 53.2 Å². The molecule has 1 aromatic heterocycles. The Bertz CT molecular complexity index is 1140. The van der Waals surface area contributed by atoms with Gasteiger partial charge < -0.3 is 15.0 Å². The van der Waals surface area contributed by atoms with Crippen LogP contribution in [-0.4, -0.2) is 58.8 Å². The van der Waals surface area contributed by atoms with Crippen molar-refractivity contribution in [1.82, 2.24) is 14.9 Å². The predicted octanol–water partition coefficient (Wildman–Crippen LogP) is 1.89. The standard InChI is InChI=1S/C20H18ClN5O4/c1-30-18-15(21)10-22-20(24-18)23-13-7-8-25(11-13)19(29)12-3-2-4-14(9-12)26-16(27)5-6-17(26)28/h2-6,9-10,13H,7-8,11H2,1H3,(H,22,23,24)/t13-/m1/s1/i1D3. The highest BCUT2D eigenvalue weighted by Gasteiger charge is 2.29. The number of ether oxygens (including phenoxy) is 1. The topological polar surface area (TPSA) is 105 Å². The van der Waals surface area contributed by atoms with Crippen molar-refractivity contribution in [2.75, 3.05) is 30.3 Å². The van der Waals surface area contributed by atoms with Gasteiger partial charge in [-0.1, -0.05) is 17.7 Å². The highest BCUT2D eigenvalue weighted by atomic mass is 35.5. The molecule has 1 aromatic carbocycles. The Hall–Kier alpha value is -3.46. The number of hydrogen-bond donors (Lipinski definition) is 1. The molecule has 3 amide bonds. The second-order valence-electron chi connectivity index (χ2n) is 6.73. The molecule has 154 valence electrons. The maximum absolute atomic E-state index is 13.0. The minimum absolute atomic E-state index is 0.0371. The van der Waals surface area contributed by atoms with Crippen molar-refractivity contribution in [2.24, 2.45) is 0 Å². The first-order valence-corrected chi connectivity index (χ1v) is 9.42. The quantitative estimate of drug-likeness (QED) is 0.722. The molecule has 1 atom stereocenters. The second-order valence-corrected chi connectivity index (χ2v) is 7.13. The summed E-state index contributed by atoms with van der Waals surface area (Å²) in [7, 11) is -2.71. The van der Waals surface area contributed by atoms with E-state index in [9.17, 15) is 14.4 Å². The van der Waals surface area contributed by atoms with Gasteiger partial charge in [-0.2, -0.15) is 4.98 Å². The van der Waals surface area contributed by atoms with Gasteiger partial charge in [-0.25, -0.2) is 9.88 Å². The van der Waals surface area contributed by atoms with Gasteiger partial charge >= 0.3 is 0 Å². The van der Waals surface area contributed by atoms with E-state index in [0.29, 0.717) is 30.8 Å². The maximum Gasteiger partial charge on any atom is 0.258 e. The van der Waals surface area contributed by atoms with Crippen LogP contribution in [0, 0.1) is 0 Å². The van der Waals surface area contributed by atoms with Crippen molar-refractivity contribution >= 4 is 41.0 Å². The lowest BCUT2D eigenvalue weighted by atomic mass is 10.1. The molecule has 0 saturated carbocycles. The molecule has 0 aliphatic carbocycles. The van der Waals surface area contributed by atoms with Gasteiger partial charge in [-0.3, -0.25) is 14.4 Å².